The standard InChI is InChI=1S/C26H37IN2O6/c1-34-14-11-24(31)29(17-18-7-3-2-4-8-18)21-15-19(26(33)28-12-13-30)16-23(25(21)32)35-22-10-6-5-9-20(22)27/h5-6,9-10,16,18,21,23,25,30,32H,2-4,7-8,11-15,17H2,1H3,(H,28,33). The summed E-state index contributed by atoms with van der Waals surface area (Å²) in [6, 6.07) is 6.88. The summed E-state index contributed by atoms with van der Waals surface area (Å²) < 4.78 is 12.2. The van der Waals surface area contributed by atoms with E-state index in [-0.39, 0.29) is 37.8 Å². The van der Waals surface area contributed by atoms with E-state index in [0.29, 0.717) is 30.4 Å². The van der Waals surface area contributed by atoms with Crippen LogP contribution in [0.25, 0.3) is 0 Å². The molecule has 2 amide bonds. The average molecular weight is 600 g/mol. The van der Waals surface area contributed by atoms with Gasteiger partial charge in [-0.2, -0.15) is 0 Å². The van der Waals surface area contributed by atoms with E-state index in [1.807, 2.05) is 24.3 Å². The van der Waals surface area contributed by atoms with Gasteiger partial charge in [0.15, 0.2) is 0 Å². The van der Waals surface area contributed by atoms with Gasteiger partial charge in [-0.3, -0.25) is 9.59 Å². The van der Waals surface area contributed by atoms with Crippen molar-refractivity contribution < 1.29 is 29.3 Å². The minimum atomic E-state index is -1.00. The van der Waals surface area contributed by atoms with Gasteiger partial charge in [0.05, 0.1) is 29.2 Å². The Morgan fingerprint density at radius 3 is 2.63 bits per heavy atom. The molecule has 2 aliphatic carbocycles. The van der Waals surface area contributed by atoms with Crippen molar-refractivity contribution in [1.29, 1.82) is 0 Å². The second kappa shape index (κ2) is 14.2. The Morgan fingerprint density at radius 1 is 1.20 bits per heavy atom. The number of nitrogens with one attached hydrogen (secondary N) is 1. The lowest BCUT2D eigenvalue weighted by molar-refractivity contribution is -0.140. The number of halogens is 1. The van der Waals surface area contributed by atoms with Crippen LogP contribution in [0.2, 0.25) is 0 Å². The maximum atomic E-state index is 13.3. The van der Waals surface area contributed by atoms with E-state index in [1.165, 1.54) is 6.42 Å². The molecule has 1 aromatic carbocycles. The van der Waals surface area contributed by atoms with Gasteiger partial charge in [-0.15, -0.1) is 0 Å². The number of amides is 2. The van der Waals surface area contributed by atoms with Crippen LogP contribution in [-0.4, -0.2) is 78.6 Å². The number of hydrogen-bond donors (Lipinski definition) is 3. The summed E-state index contributed by atoms with van der Waals surface area (Å²) in [7, 11) is 1.56. The number of carbonyl (C=O) groups is 2. The molecule has 3 unspecified atom stereocenters. The minimum absolute atomic E-state index is 0.0912. The molecule has 0 spiro atoms. The predicted molar refractivity (Wildman–Crippen MR) is 141 cm³/mol. The molecule has 2 aliphatic rings. The Morgan fingerprint density at radius 2 is 1.94 bits per heavy atom. The van der Waals surface area contributed by atoms with Gasteiger partial charge in [0.2, 0.25) is 11.8 Å². The number of rotatable bonds is 11. The van der Waals surface area contributed by atoms with Crippen LogP contribution in [0, 0.1) is 9.49 Å². The topological polar surface area (TPSA) is 108 Å². The van der Waals surface area contributed by atoms with E-state index >= 15 is 0 Å². The number of aliphatic hydroxyl groups excluding tert-OH is 2. The predicted octanol–water partition coefficient (Wildman–Crippen LogP) is 2.65. The Kier molecular flexibility index (Phi) is 11.3. The molecule has 0 heterocycles. The molecule has 0 aliphatic heterocycles. The van der Waals surface area contributed by atoms with Crippen LogP contribution >= 0.6 is 22.6 Å². The van der Waals surface area contributed by atoms with Crippen LogP contribution < -0.4 is 10.1 Å². The molecular formula is C26H37IN2O6. The van der Waals surface area contributed by atoms with Gasteiger partial charge in [0.25, 0.3) is 0 Å². The molecule has 1 saturated carbocycles. The van der Waals surface area contributed by atoms with E-state index in [2.05, 4.69) is 27.9 Å². The van der Waals surface area contributed by atoms with E-state index in [4.69, 9.17) is 14.6 Å². The van der Waals surface area contributed by atoms with Crippen LogP contribution in [0.3, 0.4) is 0 Å². The van der Waals surface area contributed by atoms with Crippen LogP contribution in [0.1, 0.15) is 44.9 Å². The van der Waals surface area contributed by atoms with Crippen molar-refractivity contribution in [2.75, 3.05) is 33.4 Å². The van der Waals surface area contributed by atoms with E-state index in [0.717, 1.165) is 29.3 Å². The summed E-state index contributed by atoms with van der Waals surface area (Å²) in [4.78, 5) is 28.0. The quantitative estimate of drug-likeness (QED) is 0.338. The maximum absolute atomic E-state index is 13.3. The van der Waals surface area contributed by atoms with E-state index in [9.17, 15) is 14.7 Å². The fourth-order valence-electron chi connectivity index (χ4n) is 4.87. The third kappa shape index (κ3) is 7.90. The normalized spacial score (nSPS) is 22.9. The average Bonchev–Trinajstić information content (AvgIpc) is 2.87. The molecule has 194 valence electrons. The van der Waals surface area contributed by atoms with Crippen molar-refractivity contribution in [2.45, 2.75) is 63.2 Å². The molecule has 0 bridgehead atoms. The first-order valence-electron chi connectivity index (χ1n) is 12.4. The second-order valence-electron chi connectivity index (χ2n) is 9.24. The summed E-state index contributed by atoms with van der Waals surface area (Å²) >= 11 is 2.17. The summed E-state index contributed by atoms with van der Waals surface area (Å²) in [6.07, 6.45) is 5.88. The van der Waals surface area contributed by atoms with Crippen molar-refractivity contribution in [1.82, 2.24) is 10.2 Å². The molecule has 9 heteroatoms. The fraction of sp³-hybridized carbons (Fsp3) is 0.615. The third-order valence-electron chi connectivity index (χ3n) is 6.73. The van der Waals surface area contributed by atoms with E-state index in [1.54, 1.807) is 18.1 Å². The number of benzene rings is 1. The van der Waals surface area contributed by atoms with Gasteiger partial charge in [0.1, 0.15) is 18.0 Å². The largest absolute Gasteiger partial charge is 0.482 e. The van der Waals surface area contributed by atoms with Crippen molar-refractivity contribution >= 4 is 34.4 Å². The number of aliphatic hydroxyl groups is 2. The number of para-hydroxylation sites is 1. The molecule has 35 heavy (non-hydrogen) atoms. The van der Waals surface area contributed by atoms with Gasteiger partial charge in [-0.05, 0) is 59.6 Å². The Labute approximate surface area is 221 Å². The Hall–Kier alpha value is -1.69. The molecule has 1 aromatic rings. The highest BCUT2D eigenvalue weighted by Crippen LogP contribution is 2.32. The molecule has 3 atom stereocenters. The maximum Gasteiger partial charge on any atom is 0.247 e. The number of methoxy groups -OCH3 is 1. The van der Waals surface area contributed by atoms with Crippen molar-refractivity contribution in [3.05, 3.63) is 39.5 Å². The zero-order chi connectivity index (χ0) is 25.2. The smallest absolute Gasteiger partial charge is 0.247 e. The Bertz CT molecular complexity index is 873. The lowest BCUT2D eigenvalue weighted by Gasteiger charge is -2.42. The van der Waals surface area contributed by atoms with Crippen molar-refractivity contribution in [2.24, 2.45) is 5.92 Å². The molecule has 3 N–H and O–H groups in total. The highest BCUT2D eigenvalue weighted by molar-refractivity contribution is 14.1. The SMILES string of the molecule is COCCC(=O)N(CC1CCCCC1)C1CC(C(=O)NCCO)=CC(Oc2ccccc2I)C1O. The molecule has 3 rings (SSSR count). The molecule has 1 fully saturated rings. The first-order valence-corrected chi connectivity index (χ1v) is 13.5. The summed E-state index contributed by atoms with van der Waals surface area (Å²) in [5, 5.41) is 23.3. The van der Waals surface area contributed by atoms with E-state index < -0.39 is 18.2 Å². The summed E-state index contributed by atoms with van der Waals surface area (Å²) in [5.41, 5.74) is 0.442. The number of ether oxygens (including phenoxy) is 2. The third-order valence-corrected chi connectivity index (χ3v) is 7.63. The van der Waals surface area contributed by atoms with Gasteiger partial charge < -0.3 is 29.9 Å². The first-order chi connectivity index (χ1) is 16.9. The highest BCUT2D eigenvalue weighted by atomic mass is 127. The highest BCUT2D eigenvalue weighted by Gasteiger charge is 2.41. The lowest BCUT2D eigenvalue weighted by Crippen LogP contribution is -2.56. The van der Waals surface area contributed by atoms with Crippen LogP contribution in [-0.2, 0) is 14.3 Å². The van der Waals surface area contributed by atoms with Gasteiger partial charge in [-0.25, -0.2) is 0 Å². The molecular weight excluding hydrogens is 563 g/mol. The minimum Gasteiger partial charge on any atom is -0.482 e. The molecule has 8 nitrogen and oxygen atoms in total. The summed E-state index contributed by atoms with van der Waals surface area (Å²) in [5.74, 6) is 0.559. The molecule has 0 saturated heterocycles. The zero-order valence-corrected chi connectivity index (χ0v) is 22.5. The van der Waals surface area contributed by atoms with Crippen LogP contribution in [0.15, 0.2) is 35.9 Å². The lowest BCUT2D eigenvalue weighted by atomic mass is 9.85. The summed E-state index contributed by atoms with van der Waals surface area (Å²) in [6.45, 7) is 0.802. The Balaban J connectivity index is 1.90. The van der Waals surface area contributed by atoms with Gasteiger partial charge in [-0.1, -0.05) is 31.4 Å². The van der Waals surface area contributed by atoms with Crippen LogP contribution in [0.4, 0.5) is 0 Å². The second-order valence-corrected chi connectivity index (χ2v) is 10.4. The van der Waals surface area contributed by atoms with Crippen molar-refractivity contribution in [3.8, 4) is 5.75 Å². The fourth-order valence-corrected chi connectivity index (χ4v) is 5.38. The molecule has 0 radical (unpaired) electrons. The van der Waals surface area contributed by atoms with Crippen molar-refractivity contribution in [3.63, 3.8) is 0 Å². The van der Waals surface area contributed by atoms with Gasteiger partial charge >= 0.3 is 0 Å². The number of nitrogens with zero attached hydrogens (tertiary/aromatic N) is 1. The van der Waals surface area contributed by atoms with Gasteiger partial charge in [0, 0.05) is 32.2 Å². The number of carbonyl (C=O) groups excluding carboxylic acids is 2. The zero-order valence-electron chi connectivity index (χ0n) is 20.3. The number of hydrogen-bond acceptors (Lipinski definition) is 6. The monoisotopic (exact) mass is 600 g/mol. The first kappa shape index (κ1) is 27.9. The molecule has 0 aromatic heterocycles. The van der Waals surface area contributed by atoms with Crippen LogP contribution in [0.5, 0.6) is 5.75 Å².